The van der Waals surface area contributed by atoms with E-state index in [0.29, 0.717) is 16.3 Å². The van der Waals surface area contributed by atoms with E-state index in [1.54, 1.807) is 45.0 Å². The molecule has 0 radical (unpaired) electrons. The Balaban J connectivity index is 2.04. The Morgan fingerprint density at radius 1 is 0.974 bits per heavy atom. The summed E-state index contributed by atoms with van der Waals surface area (Å²) in [5.41, 5.74) is 0.667. The van der Waals surface area contributed by atoms with Crippen molar-refractivity contribution in [3.8, 4) is 5.75 Å². The van der Waals surface area contributed by atoms with E-state index >= 15 is 0 Å². The van der Waals surface area contributed by atoms with Crippen LogP contribution in [0.1, 0.15) is 26.3 Å². The minimum atomic E-state index is -4.29. The van der Waals surface area contributed by atoms with Gasteiger partial charge in [-0.25, -0.2) is 12.8 Å². The lowest BCUT2D eigenvalue weighted by Crippen LogP contribution is -2.52. The molecular formula is C28H31ClFN3O5S. The van der Waals surface area contributed by atoms with Crippen LogP contribution in [0.4, 0.5) is 10.1 Å². The van der Waals surface area contributed by atoms with Crippen molar-refractivity contribution in [2.75, 3.05) is 18.0 Å². The van der Waals surface area contributed by atoms with Crippen LogP contribution in [0.5, 0.6) is 5.75 Å². The highest BCUT2D eigenvalue weighted by atomic mass is 35.5. The van der Waals surface area contributed by atoms with Crippen LogP contribution >= 0.6 is 11.6 Å². The first kappa shape index (κ1) is 29.9. The number of nitrogens with zero attached hydrogens (tertiary/aromatic N) is 2. The molecule has 0 aromatic heterocycles. The zero-order valence-electron chi connectivity index (χ0n) is 22.1. The summed E-state index contributed by atoms with van der Waals surface area (Å²) in [6.45, 7) is 4.46. The molecule has 2 amide bonds. The van der Waals surface area contributed by atoms with Gasteiger partial charge in [0.2, 0.25) is 11.8 Å². The minimum absolute atomic E-state index is 0.0367. The van der Waals surface area contributed by atoms with Crippen LogP contribution in [0.25, 0.3) is 0 Å². The molecule has 0 saturated heterocycles. The smallest absolute Gasteiger partial charge is 0.264 e. The number of carbonyl (C=O) groups excluding carboxylic acids is 2. The lowest BCUT2D eigenvalue weighted by atomic mass is 10.1. The number of hydrogen-bond donors (Lipinski definition) is 1. The summed E-state index contributed by atoms with van der Waals surface area (Å²) in [7, 11) is -2.83. The van der Waals surface area contributed by atoms with E-state index in [0.717, 1.165) is 16.4 Å². The number of amides is 2. The quantitative estimate of drug-likeness (QED) is 0.360. The van der Waals surface area contributed by atoms with Crippen LogP contribution in [0.2, 0.25) is 5.02 Å². The molecule has 39 heavy (non-hydrogen) atoms. The van der Waals surface area contributed by atoms with E-state index in [-0.39, 0.29) is 23.2 Å². The third-order valence-corrected chi connectivity index (χ3v) is 8.09. The number of sulfonamides is 1. The third-order valence-electron chi connectivity index (χ3n) is 5.94. The van der Waals surface area contributed by atoms with Crippen molar-refractivity contribution in [3.05, 3.63) is 89.2 Å². The Bertz CT molecular complexity index is 1400. The minimum Gasteiger partial charge on any atom is -0.497 e. The molecule has 1 N–H and O–H groups in total. The van der Waals surface area contributed by atoms with Crippen LogP contribution in [-0.2, 0) is 26.2 Å². The summed E-state index contributed by atoms with van der Waals surface area (Å²) in [6.07, 6.45) is 0. The van der Waals surface area contributed by atoms with Gasteiger partial charge in [-0.15, -0.1) is 0 Å². The van der Waals surface area contributed by atoms with Gasteiger partial charge in [0.25, 0.3) is 10.0 Å². The van der Waals surface area contributed by atoms with E-state index in [2.05, 4.69) is 5.32 Å². The van der Waals surface area contributed by atoms with Gasteiger partial charge < -0.3 is 15.0 Å². The summed E-state index contributed by atoms with van der Waals surface area (Å²) < 4.78 is 47.2. The molecule has 0 aliphatic carbocycles. The summed E-state index contributed by atoms with van der Waals surface area (Å²) in [4.78, 5) is 27.9. The number of hydrogen-bond acceptors (Lipinski definition) is 5. The second kappa shape index (κ2) is 12.9. The van der Waals surface area contributed by atoms with Gasteiger partial charge in [-0.1, -0.05) is 29.8 Å². The Kier molecular flexibility index (Phi) is 9.93. The molecule has 0 saturated carbocycles. The van der Waals surface area contributed by atoms with Gasteiger partial charge in [0, 0.05) is 17.6 Å². The van der Waals surface area contributed by atoms with Gasteiger partial charge in [0.1, 0.15) is 24.2 Å². The van der Waals surface area contributed by atoms with Gasteiger partial charge in [0.05, 0.1) is 17.7 Å². The lowest BCUT2D eigenvalue weighted by Gasteiger charge is -2.32. The van der Waals surface area contributed by atoms with E-state index < -0.39 is 40.2 Å². The molecule has 0 aliphatic rings. The molecule has 0 aliphatic heterocycles. The molecule has 1 atom stereocenters. The van der Waals surface area contributed by atoms with E-state index in [1.807, 2.05) is 0 Å². The number of benzene rings is 3. The summed E-state index contributed by atoms with van der Waals surface area (Å²) in [5, 5.41) is 3.18. The molecule has 0 unspecified atom stereocenters. The van der Waals surface area contributed by atoms with E-state index in [4.69, 9.17) is 16.3 Å². The predicted molar refractivity (Wildman–Crippen MR) is 149 cm³/mol. The highest BCUT2D eigenvalue weighted by Gasteiger charge is 2.33. The fourth-order valence-corrected chi connectivity index (χ4v) is 5.42. The van der Waals surface area contributed by atoms with Crippen molar-refractivity contribution in [2.24, 2.45) is 0 Å². The third kappa shape index (κ3) is 7.48. The Morgan fingerprint density at radius 2 is 1.59 bits per heavy atom. The second-order valence-corrected chi connectivity index (χ2v) is 11.4. The molecule has 208 valence electrons. The molecule has 0 heterocycles. The van der Waals surface area contributed by atoms with Crippen molar-refractivity contribution >= 4 is 39.1 Å². The van der Waals surface area contributed by atoms with Crippen LogP contribution in [0.3, 0.4) is 0 Å². The van der Waals surface area contributed by atoms with Crippen LogP contribution in [-0.4, -0.2) is 50.9 Å². The second-order valence-electron chi connectivity index (χ2n) is 9.12. The SMILES string of the molecule is COc1ccc(S(=O)(=O)N(CC(=O)N(Cc2ccccc2Cl)[C@H](C)C(=O)NC(C)C)c2ccc(F)cc2)cc1. The summed E-state index contributed by atoms with van der Waals surface area (Å²) in [5.74, 6) is -1.17. The lowest BCUT2D eigenvalue weighted by molar-refractivity contribution is -0.139. The van der Waals surface area contributed by atoms with Crippen molar-refractivity contribution in [3.63, 3.8) is 0 Å². The number of carbonyl (C=O) groups is 2. The Labute approximate surface area is 233 Å². The van der Waals surface area contributed by atoms with Gasteiger partial charge in [-0.2, -0.15) is 0 Å². The van der Waals surface area contributed by atoms with Crippen molar-refractivity contribution < 1.29 is 27.1 Å². The molecule has 0 bridgehead atoms. The van der Waals surface area contributed by atoms with Gasteiger partial charge in [0.15, 0.2) is 0 Å². The molecule has 11 heteroatoms. The highest BCUT2D eigenvalue weighted by molar-refractivity contribution is 7.92. The zero-order chi connectivity index (χ0) is 28.7. The van der Waals surface area contributed by atoms with Crippen molar-refractivity contribution in [1.29, 1.82) is 0 Å². The normalized spacial score (nSPS) is 12.1. The molecule has 0 fully saturated rings. The monoisotopic (exact) mass is 575 g/mol. The zero-order valence-corrected chi connectivity index (χ0v) is 23.7. The molecular weight excluding hydrogens is 545 g/mol. The first-order chi connectivity index (χ1) is 18.4. The standard InChI is InChI=1S/C28H31ClFN3O5S/c1-19(2)31-28(35)20(3)32(17-21-7-5-6-8-26(21)29)27(34)18-33(23-11-9-22(30)10-12-23)39(36,37)25-15-13-24(38-4)14-16-25/h5-16,19-20H,17-18H2,1-4H3,(H,31,35)/t20-/m1/s1. The summed E-state index contributed by atoms with van der Waals surface area (Å²) in [6, 6.07) is 16.2. The number of nitrogens with one attached hydrogen (secondary N) is 1. The maximum Gasteiger partial charge on any atom is 0.264 e. The fourth-order valence-electron chi connectivity index (χ4n) is 3.81. The van der Waals surface area contributed by atoms with Crippen LogP contribution < -0.4 is 14.4 Å². The maximum absolute atomic E-state index is 13.8. The van der Waals surface area contributed by atoms with E-state index in [1.165, 1.54) is 48.4 Å². The van der Waals surface area contributed by atoms with Crippen molar-refractivity contribution in [1.82, 2.24) is 10.2 Å². The van der Waals surface area contributed by atoms with Gasteiger partial charge in [-0.3, -0.25) is 13.9 Å². The first-order valence-electron chi connectivity index (χ1n) is 12.2. The van der Waals surface area contributed by atoms with Gasteiger partial charge in [-0.05, 0) is 80.9 Å². The number of methoxy groups -OCH3 is 1. The number of anilines is 1. The first-order valence-corrected chi connectivity index (χ1v) is 14.0. The average molecular weight is 576 g/mol. The number of rotatable bonds is 11. The molecule has 0 spiro atoms. The number of ether oxygens (including phenoxy) is 1. The topological polar surface area (TPSA) is 96.0 Å². The maximum atomic E-state index is 13.8. The highest BCUT2D eigenvalue weighted by Crippen LogP contribution is 2.26. The largest absolute Gasteiger partial charge is 0.497 e. The van der Waals surface area contributed by atoms with Crippen LogP contribution in [0, 0.1) is 5.82 Å². The van der Waals surface area contributed by atoms with E-state index in [9.17, 15) is 22.4 Å². The average Bonchev–Trinajstić information content (AvgIpc) is 2.91. The van der Waals surface area contributed by atoms with Gasteiger partial charge >= 0.3 is 0 Å². The Morgan fingerprint density at radius 3 is 2.15 bits per heavy atom. The molecule has 8 nitrogen and oxygen atoms in total. The van der Waals surface area contributed by atoms with Crippen molar-refractivity contribution in [2.45, 2.75) is 44.3 Å². The number of halogens is 2. The molecule has 3 aromatic carbocycles. The molecule has 3 rings (SSSR count). The predicted octanol–water partition coefficient (Wildman–Crippen LogP) is 4.62. The Hall–Kier alpha value is -3.63. The van der Waals surface area contributed by atoms with Crippen LogP contribution in [0.15, 0.2) is 77.7 Å². The molecule has 3 aromatic rings. The summed E-state index contributed by atoms with van der Waals surface area (Å²) >= 11 is 6.34. The fraction of sp³-hybridized carbons (Fsp3) is 0.286.